The molecule has 2 fully saturated rings. The molecule has 3 heterocycles. The number of likely N-dealkylation sites (tertiary alicyclic amines) is 1. The van der Waals surface area contributed by atoms with Crippen LogP contribution in [-0.4, -0.2) is 61.4 Å². The van der Waals surface area contributed by atoms with Crippen LogP contribution in [0.2, 0.25) is 0 Å². The van der Waals surface area contributed by atoms with E-state index in [1.807, 2.05) is 49.4 Å². The molecule has 3 aromatic rings. The van der Waals surface area contributed by atoms with E-state index in [1.54, 1.807) is 19.1 Å². The molecular formula is C32H39FN4O4S. The van der Waals surface area contributed by atoms with Crippen LogP contribution in [-0.2, 0) is 21.4 Å². The monoisotopic (exact) mass is 594 g/mol. The molecule has 2 aliphatic rings. The molecule has 2 aromatic carbocycles. The lowest BCUT2D eigenvalue weighted by molar-refractivity contribution is -0.126. The summed E-state index contributed by atoms with van der Waals surface area (Å²) < 4.78 is 48.0. The Kier molecular flexibility index (Phi) is 9.55. The number of carbonyl (C=O) groups excluding carboxylic acids is 1. The van der Waals surface area contributed by atoms with Crippen molar-refractivity contribution >= 4 is 28.1 Å². The minimum absolute atomic E-state index is 0.0105. The number of aryl methyl sites for hydroxylation is 2. The third-order valence-electron chi connectivity index (χ3n) is 8.38. The number of nitrogens with one attached hydrogen (secondary N) is 1. The second-order valence-electron chi connectivity index (χ2n) is 11.4. The highest BCUT2D eigenvalue weighted by Crippen LogP contribution is 2.29. The van der Waals surface area contributed by atoms with Crippen molar-refractivity contribution in [3.63, 3.8) is 0 Å². The number of amides is 1. The SMILES string of the molecule is Cc1ccc(/C=C/c2onc(C)c2S(=O)(=O)N2CCC(C(=O)NCC3CCN(Cc4ccccc4F)CC3)CC2)cc1. The van der Waals surface area contributed by atoms with Gasteiger partial charge in [0.25, 0.3) is 0 Å². The Morgan fingerprint density at radius 2 is 1.69 bits per heavy atom. The average molecular weight is 595 g/mol. The molecule has 5 rings (SSSR count). The van der Waals surface area contributed by atoms with E-state index in [0.717, 1.165) is 37.1 Å². The molecule has 0 radical (unpaired) electrons. The molecule has 0 spiro atoms. The van der Waals surface area contributed by atoms with Crippen LogP contribution in [0.5, 0.6) is 0 Å². The third kappa shape index (κ3) is 7.17. The quantitative estimate of drug-likeness (QED) is 0.374. The minimum Gasteiger partial charge on any atom is -0.356 e. The van der Waals surface area contributed by atoms with E-state index in [4.69, 9.17) is 4.52 Å². The van der Waals surface area contributed by atoms with Crippen LogP contribution in [0, 0.1) is 31.5 Å². The summed E-state index contributed by atoms with van der Waals surface area (Å²) in [7, 11) is -3.83. The highest BCUT2D eigenvalue weighted by molar-refractivity contribution is 7.89. The maximum atomic E-state index is 14.0. The molecular weight excluding hydrogens is 555 g/mol. The Morgan fingerprint density at radius 1 is 1.00 bits per heavy atom. The predicted molar refractivity (Wildman–Crippen MR) is 160 cm³/mol. The highest BCUT2D eigenvalue weighted by atomic mass is 32.2. The van der Waals surface area contributed by atoms with E-state index in [1.165, 1.54) is 10.4 Å². The Labute approximate surface area is 247 Å². The van der Waals surface area contributed by atoms with Crippen LogP contribution in [0.1, 0.15) is 53.8 Å². The van der Waals surface area contributed by atoms with E-state index >= 15 is 0 Å². The zero-order chi connectivity index (χ0) is 29.7. The first-order valence-electron chi connectivity index (χ1n) is 14.7. The second-order valence-corrected chi connectivity index (χ2v) is 13.3. The van der Waals surface area contributed by atoms with Gasteiger partial charge in [-0.2, -0.15) is 4.31 Å². The number of aromatic nitrogens is 1. The molecule has 0 unspecified atom stereocenters. The molecule has 10 heteroatoms. The summed E-state index contributed by atoms with van der Waals surface area (Å²) in [5, 5.41) is 7.04. The molecule has 1 N–H and O–H groups in total. The van der Waals surface area contributed by atoms with Crippen LogP contribution < -0.4 is 5.32 Å². The van der Waals surface area contributed by atoms with E-state index < -0.39 is 10.0 Å². The van der Waals surface area contributed by atoms with Gasteiger partial charge in [0.2, 0.25) is 15.9 Å². The smallest absolute Gasteiger partial charge is 0.248 e. The summed E-state index contributed by atoms with van der Waals surface area (Å²) in [4.78, 5) is 15.3. The van der Waals surface area contributed by atoms with Crippen LogP contribution in [0.25, 0.3) is 12.2 Å². The van der Waals surface area contributed by atoms with Crippen molar-refractivity contribution in [2.45, 2.75) is 51.0 Å². The Balaban J connectivity index is 1.10. The lowest BCUT2D eigenvalue weighted by atomic mass is 9.94. The Hall–Kier alpha value is -3.34. The second kappa shape index (κ2) is 13.3. The number of hydrogen-bond donors (Lipinski definition) is 1. The van der Waals surface area contributed by atoms with Crippen molar-refractivity contribution in [3.05, 3.63) is 82.5 Å². The Bertz CT molecular complexity index is 1500. The normalized spacial score (nSPS) is 18.1. The van der Waals surface area contributed by atoms with Crippen molar-refractivity contribution in [2.75, 3.05) is 32.7 Å². The molecule has 0 saturated carbocycles. The topological polar surface area (TPSA) is 95.8 Å². The molecule has 2 aliphatic heterocycles. The summed E-state index contributed by atoms with van der Waals surface area (Å²) in [6.07, 6.45) is 6.27. The fraction of sp³-hybridized carbons (Fsp3) is 0.438. The van der Waals surface area contributed by atoms with Gasteiger partial charge in [0.05, 0.1) is 0 Å². The first-order chi connectivity index (χ1) is 20.2. The maximum absolute atomic E-state index is 14.0. The summed E-state index contributed by atoms with van der Waals surface area (Å²) in [6, 6.07) is 14.8. The van der Waals surface area contributed by atoms with Gasteiger partial charge in [-0.15, -0.1) is 0 Å². The first-order valence-corrected chi connectivity index (χ1v) is 16.1. The number of sulfonamides is 1. The van der Waals surface area contributed by atoms with Gasteiger partial charge in [0, 0.05) is 37.7 Å². The van der Waals surface area contributed by atoms with Crippen LogP contribution in [0.4, 0.5) is 4.39 Å². The van der Waals surface area contributed by atoms with Crippen LogP contribution in [0.15, 0.2) is 57.9 Å². The minimum atomic E-state index is -3.83. The lowest BCUT2D eigenvalue weighted by Gasteiger charge is -2.33. The van der Waals surface area contributed by atoms with E-state index in [0.29, 0.717) is 43.1 Å². The number of rotatable bonds is 9. The fourth-order valence-corrected chi connectivity index (χ4v) is 7.46. The highest BCUT2D eigenvalue weighted by Gasteiger charge is 2.36. The molecule has 2 saturated heterocycles. The molecule has 0 aliphatic carbocycles. The van der Waals surface area contributed by atoms with E-state index in [9.17, 15) is 17.6 Å². The summed E-state index contributed by atoms with van der Waals surface area (Å²) in [6.45, 7) is 7.12. The molecule has 0 bridgehead atoms. The lowest BCUT2D eigenvalue weighted by Crippen LogP contribution is -2.44. The van der Waals surface area contributed by atoms with Gasteiger partial charge in [0.1, 0.15) is 11.5 Å². The van der Waals surface area contributed by atoms with E-state index in [2.05, 4.69) is 15.4 Å². The Morgan fingerprint density at radius 3 is 2.38 bits per heavy atom. The summed E-state index contributed by atoms with van der Waals surface area (Å²) >= 11 is 0. The predicted octanol–water partition coefficient (Wildman–Crippen LogP) is 5.03. The van der Waals surface area contributed by atoms with Crippen LogP contribution in [0.3, 0.4) is 0 Å². The molecule has 224 valence electrons. The zero-order valence-electron chi connectivity index (χ0n) is 24.3. The number of hydrogen-bond acceptors (Lipinski definition) is 6. The molecule has 8 nitrogen and oxygen atoms in total. The number of benzene rings is 2. The molecule has 1 amide bonds. The van der Waals surface area contributed by atoms with Crippen molar-refractivity contribution in [2.24, 2.45) is 11.8 Å². The van der Waals surface area contributed by atoms with Crippen molar-refractivity contribution in [1.82, 2.24) is 19.7 Å². The van der Waals surface area contributed by atoms with Crippen molar-refractivity contribution < 1.29 is 22.1 Å². The van der Waals surface area contributed by atoms with Gasteiger partial charge < -0.3 is 9.84 Å². The molecule has 0 atom stereocenters. The van der Waals surface area contributed by atoms with Crippen molar-refractivity contribution in [1.29, 1.82) is 0 Å². The van der Waals surface area contributed by atoms with Crippen molar-refractivity contribution in [3.8, 4) is 0 Å². The third-order valence-corrected chi connectivity index (χ3v) is 10.4. The standard InChI is InChI=1S/C32H39FN4O4S/c1-23-7-9-25(10-8-23)11-12-30-31(24(2)35-41-30)42(39,40)37-19-15-27(16-20-37)32(38)34-21-26-13-17-36(18-14-26)22-28-5-3-4-6-29(28)33/h3-12,26-27H,13-22H2,1-2H3,(H,34,38)/b12-11+. The number of piperidine rings is 2. The fourth-order valence-electron chi connectivity index (χ4n) is 5.74. The first kappa shape index (κ1) is 30.1. The number of nitrogens with zero attached hydrogens (tertiary/aromatic N) is 3. The van der Waals surface area contributed by atoms with Gasteiger partial charge in [-0.3, -0.25) is 9.69 Å². The summed E-state index contributed by atoms with van der Waals surface area (Å²) in [5.41, 5.74) is 3.10. The van der Waals surface area contributed by atoms with Gasteiger partial charge in [-0.25, -0.2) is 12.8 Å². The van der Waals surface area contributed by atoms with Gasteiger partial charge >= 0.3 is 0 Å². The zero-order valence-corrected chi connectivity index (χ0v) is 25.1. The number of halogens is 1. The molecule has 42 heavy (non-hydrogen) atoms. The molecule has 1 aromatic heterocycles. The van der Waals surface area contributed by atoms with Gasteiger partial charge in [-0.05, 0) is 76.2 Å². The summed E-state index contributed by atoms with van der Waals surface area (Å²) in [5.74, 6) is 0.186. The van der Waals surface area contributed by atoms with Crippen LogP contribution >= 0.6 is 0 Å². The average Bonchev–Trinajstić information content (AvgIpc) is 3.38. The van der Waals surface area contributed by atoms with E-state index in [-0.39, 0.29) is 41.4 Å². The van der Waals surface area contributed by atoms with Gasteiger partial charge in [-0.1, -0.05) is 59.3 Å². The maximum Gasteiger partial charge on any atom is 0.248 e. The number of carbonyl (C=O) groups is 1. The largest absolute Gasteiger partial charge is 0.356 e. The van der Waals surface area contributed by atoms with Gasteiger partial charge in [0.15, 0.2) is 10.7 Å².